The third-order valence-electron chi connectivity index (χ3n) is 4.39. The van der Waals surface area contributed by atoms with Gasteiger partial charge in [-0.2, -0.15) is 0 Å². The fraction of sp³-hybridized carbons (Fsp3) is 0.316. The van der Waals surface area contributed by atoms with E-state index in [0.717, 1.165) is 36.0 Å². The van der Waals surface area contributed by atoms with Crippen molar-refractivity contribution in [1.82, 2.24) is 5.32 Å². The van der Waals surface area contributed by atoms with Crippen molar-refractivity contribution < 1.29 is 9.90 Å². The summed E-state index contributed by atoms with van der Waals surface area (Å²) in [6.45, 7) is 2.19. The average molecular weight is 295 g/mol. The Balaban J connectivity index is 1.68. The van der Waals surface area contributed by atoms with Crippen molar-refractivity contribution in [2.24, 2.45) is 0 Å². The number of fused-ring (bicyclic) bond motifs is 1. The lowest BCUT2D eigenvalue weighted by molar-refractivity contribution is 0.0915. The van der Waals surface area contributed by atoms with Crippen molar-refractivity contribution in [2.75, 3.05) is 6.54 Å². The summed E-state index contributed by atoms with van der Waals surface area (Å²) in [4.78, 5) is 12.4. The molecule has 0 spiro atoms. The normalized spacial score (nSPS) is 14.5. The molecule has 3 heteroatoms. The summed E-state index contributed by atoms with van der Waals surface area (Å²) in [5.74, 6) is -0.0913. The minimum absolute atomic E-state index is 0.0913. The van der Waals surface area contributed by atoms with Crippen molar-refractivity contribution in [2.45, 2.75) is 32.3 Å². The highest BCUT2D eigenvalue weighted by molar-refractivity contribution is 5.96. The number of carbonyl (C=O) groups excluding carboxylic acids is 1. The fourth-order valence-electron chi connectivity index (χ4n) is 3.19. The number of nitrogens with one attached hydrogen (secondary N) is 1. The minimum Gasteiger partial charge on any atom is -0.387 e. The van der Waals surface area contributed by atoms with Crippen LogP contribution in [-0.2, 0) is 12.8 Å². The number of aliphatic hydroxyl groups is 1. The Bertz CT molecular complexity index is 694. The Morgan fingerprint density at radius 2 is 2.00 bits per heavy atom. The van der Waals surface area contributed by atoms with Gasteiger partial charge in [-0.05, 0) is 54.5 Å². The molecule has 3 rings (SSSR count). The first-order valence-corrected chi connectivity index (χ1v) is 7.79. The zero-order valence-electron chi connectivity index (χ0n) is 12.8. The molecule has 114 valence electrons. The van der Waals surface area contributed by atoms with Crippen LogP contribution in [-0.4, -0.2) is 17.6 Å². The quantitative estimate of drug-likeness (QED) is 0.911. The van der Waals surface area contributed by atoms with E-state index in [4.69, 9.17) is 0 Å². The number of hydrogen-bond donors (Lipinski definition) is 2. The molecule has 1 aliphatic rings. The summed E-state index contributed by atoms with van der Waals surface area (Å²) in [6.07, 6.45) is 2.47. The van der Waals surface area contributed by atoms with E-state index in [1.54, 1.807) is 0 Å². The molecule has 2 N–H and O–H groups in total. The molecule has 22 heavy (non-hydrogen) atoms. The molecule has 0 saturated heterocycles. The van der Waals surface area contributed by atoms with E-state index in [1.807, 2.05) is 43.3 Å². The summed E-state index contributed by atoms with van der Waals surface area (Å²) < 4.78 is 0. The van der Waals surface area contributed by atoms with Gasteiger partial charge in [-0.25, -0.2) is 0 Å². The first kappa shape index (κ1) is 14.8. The second-order valence-corrected chi connectivity index (χ2v) is 5.88. The Morgan fingerprint density at radius 3 is 2.82 bits per heavy atom. The molecule has 1 amide bonds. The molecule has 0 aliphatic heterocycles. The molecule has 0 heterocycles. The Morgan fingerprint density at radius 1 is 1.18 bits per heavy atom. The standard InChI is InChI=1S/C19H21NO2/c1-13-6-2-3-9-15(13)18(21)12-20-19(22)17-11-5-8-14-7-4-10-16(14)17/h2-3,5-6,8-9,11,18,21H,4,7,10,12H2,1H3,(H,20,22). The van der Waals surface area contributed by atoms with Gasteiger partial charge in [0.25, 0.3) is 5.91 Å². The van der Waals surface area contributed by atoms with E-state index in [9.17, 15) is 9.90 Å². The average Bonchev–Trinajstić information content (AvgIpc) is 3.01. The monoisotopic (exact) mass is 295 g/mol. The number of hydrogen-bond acceptors (Lipinski definition) is 2. The smallest absolute Gasteiger partial charge is 0.251 e. The van der Waals surface area contributed by atoms with Gasteiger partial charge >= 0.3 is 0 Å². The van der Waals surface area contributed by atoms with Gasteiger partial charge in [-0.1, -0.05) is 36.4 Å². The number of rotatable bonds is 4. The van der Waals surface area contributed by atoms with Gasteiger partial charge in [-0.15, -0.1) is 0 Å². The highest BCUT2D eigenvalue weighted by atomic mass is 16.3. The van der Waals surface area contributed by atoms with Crippen LogP contribution in [0.4, 0.5) is 0 Å². The van der Waals surface area contributed by atoms with Crippen LogP contribution in [0.1, 0.15) is 45.1 Å². The van der Waals surface area contributed by atoms with Crippen LogP contribution >= 0.6 is 0 Å². The number of aryl methyl sites for hydroxylation is 2. The first-order chi connectivity index (χ1) is 10.7. The van der Waals surface area contributed by atoms with Gasteiger partial charge in [0.2, 0.25) is 0 Å². The number of amides is 1. The fourth-order valence-corrected chi connectivity index (χ4v) is 3.19. The lowest BCUT2D eigenvalue weighted by Gasteiger charge is -2.15. The van der Waals surface area contributed by atoms with Crippen LogP contribution in [0.2, 0.25) is 0 Å². The van der Waals surface area contributed by atoms with E-state index in [1.165, 1.54) is 11.1 Å². The Kier molecular flexibility index (Phi) is 4.25. The highest BCUT2D eigenvalue weighted by Crippen LogP contribution is 2.25. The zero-order valence-corrected chi connectivity index (χ0v) is 12.8. The summed E-state index contributed by atoms with van der Waals surface area (Å²) in [7, 11) is 0. The number of benzene rings is 2. The van der Waals surface area contributed by atoms with E-state index in [2.05, 4.69) is 11.4 Å². The maximum atomic E-state index is 12.4. The van der Waals surface area contributed by atoms with E-state index < -0.39 is 6.10 Å². The van der Waals surface area contributed by atoms with E-state index in [0.29, 0.717) is 0 Å². The molecule has 0 bridgehead atoms. The lowest BCUT2D eigenvalue weighted by atomic mass is 10.0. The van der Waals surface area contributed by atoms with Gasteiger partial charge in [0.1, 0.15) is 0 Å². The third kappa shape index (κ3) is 2.90. The molecule has 0 fully saturated rings. The zero-order chi connectivity index (χ0) is 15.5. The van der Waals surface area contributed by atoms with Gasteiger partial charge < -0.3 is 10.4 Å². The molecule has 2 aromatic rings. The second-order valence-electron chi connectivity index (χ2n) is 5.88. The molecule has 3 nitrogen and oxygen atoms in total. The Labute approximate surface area is 131 Å². The summed E-state index contributed by atoms with van der Waals surface area (Å²) in [5.41, 5.74) is 5.11. The highest BCUT2D eigenvalue weighted by Gasteiger charge is 2.19. The predicted molar refractivity (Wildman–Crippen MR) is 86.9 cm³/mol. The third-order valence-corrected chi connectivity index (χ3v) is 4.39. The maximum Gasteiger partial charge on any atom is 0.251 e. The van der Waals surface area contributed by atoms with Crippen LogP contribution < -0.4 is 5.32 Å². The molecule has 0 saturated carbocycles. The van der Waals surface area contributed by atoms with Crippen LogP contribution in [0.15, 0.2) is 42.5 Å². The van der Waals surface area contributed by atoms with Gasteiger partial charge in [-0.3, -0.25) is 4.79 Å². The predicted octanol–water partition coefficient (Wildman–Crippen LogP) is 2.95. The Hall–Kier alpha value is -2.13. The topological polar surface area (TPSA) is 49.3 Å². The van der Waals surface area contributed by atoms with Crippen molar-refractivity contribution in [3.05, 3.63) is 70.3 Å². The minimum atomic E-state index is -0.679. The molecule has 1 aliphatic carbocycles. The summed E-state index contributed by atoms with van der Waals surface area (Å²) in [5, 5.41) is 13.1. The lowest BCUT2D eigenvalue weighted by Crippen LogP contribution is -2.29. The molecule has 0 aromatic heterocycles. The van der Waals surface area contributed by atoms with Crippen molar-refractivity contribution in [3.8, 4) is 0 Å². The molecule has 1 unspecified atom stereocenters. The number of carbonyl (C=O) groups is 1. The van der Waals surface area contributed by atoms with Crippen LogP contribution in [0.25, 0.3) is 0 Å². The largest absolute Gasteiger partial charge is 0.387 e. The van der Waals surface area contributed by atoms with Crippen molar-refractivity contribution >= 4 is 5.91 Å². The number of aliphatic hydroxyl groups excluding tert-OH is 1. The second kappa shape index (κ2) is 6.32. The van der Waals surface area contributed by atoms with Crippen LogP contribution in [0.5, 0.6) is 0 Å². The van der Waals surface area contributed by atoms with E-state index in [-0.39, 0.29) is 12.5 Å². The molecular formula is C19H21NO2. The summed E-state index contributed by atoms with van der Waals surface area (Å²) in [6, 6.07) is 13.6. The SMILES string of the molecule is Cc1ccccc1C(O)CNC(=O)c1cccc2c1CCC2. The van der Waals surface area contributed by atoms with Gasteiger partial charge in [0.15, 0.2) is 0 Å². The maximum absolute atomic E-state index is 12.4. The van der Waals surface area contributed by atoms with E-state index >= 15 is 0 Å². The summed E-state index contributed by atoms with van der Waals surface area (Å²) >= 11 is 0. The van der Waals surface area contributed by atoms with Crippen LogP contribution in [0.3, 0.4) is 0 Å². The molecule has 2 aromatic carbocycles. The van der Waals surface area contributed by atoms with Crippen molar-refractivity contribution in [3.63, 3.8) is 0 Å². The molecule has 1 atom stereocenters. The van der Waals surface area contributed by atoms with Gasteiger partial charge in [0.05, 0.1) is 6.10 Å². The van der Waals surface area contributed by atoms with Gasteiger partial charge in [0, 0.05) is 12.1 Å². The van der Waals surface area contributed by atoms with Crippen molar-refractivity contribution in [1.29, 1.82) is 0 Å². The molecule has 0 radical (unpaired) electrons. The van der Waals surface area contributed by atoms with Crippen LogP contribution in [0, 0.1) is 6.92 Å². The first-order valence-electron chi connectivity index (χ1n) is 7.79. The molecular weight excluding hydrogens is 274 g/mol.